The van der Waals surface area contributed by atoms with E-state index in [-0.39, 0.29) is 12.5 Å². The van der Waals surface area contributed by atoms with Crippen LogP contribution in [0.3, 0.4) is 0 Å². The van der Waals surface area contributed by atoms with Gasteiger partial charge in [-0.2, -0.15) is 0 Å². The minimum atomic E-state index is -0.0671. The number of benzene rings is 1. The molecule has 1 aliphatic carbocycles. The van der Waals surface area contributed by atoms with Crippen LogP contribution >= 0.6 is 0 Å². The highest BCUT2D eigenvalue weighted by molar-refractivity contribution is 5.91. The number of nitrogens with one attached hydrogen (secondary N) is 1. The summed E-state index contributed by atoms with van der Waals surface area (Å²) in [6, 6.07) is 7.78. The van der Waals surface area contributed by atoms with E-state index in [1.165, 1.54) is 12.8 Å². The molecular formula is C14H19NO2. The smallest absolute Gasteiger partial charge is 0.250 e. The molecule has 1 saturated carbocycles. The molecule has 0 spiro atoms. The quantitative estimate of drug-likeness (QED) is 0.868. The first-order valence-electron chi connectivity index (χ1n) is 6.22. The second-order valence-corrected chi connectivity index (χ2v) is 4.64. The van der Waals surface area contributed by atoms with E-state index in [0.717, 1.165) is 24.1 Å². The predicted octanol–water partition coefficient (Wildman–Crippen LogP) is 2.89. The zero-order valence-corrected chi connectivity index (χ0v) is 10.2. The maximum absolute atomic E-state index is 11.6. The van der Waals surface area contributed by atoms with Gasteiger partial charge in [0.2, 0.25) is 5.91 Å². The van der Waals surface area contributed by atoms with Gasteiger partial charge < -0.3 is 10.1 Å². The average molecular weight is 233 g/mol. The summed E-state index contributed by atoms with van der Waals surface area (Å²) in [4.78, 5) is 11.6. The number of carbonyl (C=O) groups is 1. The van der Waals surface area contributed by atoms with Gasteiger partial charge in [0.15, 0.2) is 0 Å². The van der Waals surface area contributed by atoms with Gasteiger partial charge in [0.1, 0.15) is 6.61 Å². The third-order valence-electron chi connectivity index (χ3n) is 3.05. The molecule has 92 valence electrons. The van der Waals surface area contributed by atoms with Crippen molar-refractivity contribution in [2.24, 2.45) is 0 Å². The first-order valence-corrected chi connectivity index (χ1v) is 6.22. The fourth-order valence-corrected chi connectivity index (χ4v) is 2.17. The lowest BCUT2D eigenvalue weighted by Crippen LogP contribution is -2.21. The van der Waals surface area contributed by atoms with Gasteiger partial charge in [0.25, 0.3) is 0 Å². The van der Waals surface area contributed by atoms with Gasteiger partial charge in [-0.05, 0) is 37.5 Å². The van der Waals surface area contributed by atoms with E-state index < -0.39 is 0 Å². The number of rotatable bonds is 4. The molecule has 1 N–H and O–H groups in total. The molecule has 3 heteroatoms. The van der Waals surface area contributed by atoms with Crippen LogP contribution in [0.4, 0.5) is 5.69 Å². The molecule has 0 aromatic heterocycles. The molecule has 0 aliphatic heterocycles. The minimum Gasteiger partial charge on any atom is -0.368 e. The molecule has 1 fully saturated rings. The zero-order valence-electron chi connectivity index (χ0n) is 10.2. The van der Waals surface area contributed by atoms with Gasteiger partial charge in [-0.1, -0.05) is 25.0 Å². The van der Waals surface area contributed by atoms with Crippen molar-refractivity contribution in [1.82, 2.24) is 0 Å². The van der Waals surface area contributed by atoms with Crippen molar-refractivity contribution in [2.75, 3.05) is 11.9 Å². The Bertz CT molecular complexity index is 384. The highest BCUT2D eigenvalue weighted by Gasteiger charge is 2.16. The van der Waals surface area contributed by atoms with Crippen LogP contribution in [0.2, 0.25) is 0 Å². The Balaban J connectivity index is 1.76. The largest absolute Gasteiger partial charge is 0.368 e. The Morgan fingerprint density at radius 1 is 1.41 bits per heavy atom. The molecule has 1 amide bonds. The predicted molar refractivity (Wildman–Crippen MR) is 68.0 cm³/mol. The number of anilines is 1. The van der Waals surface area contributed by atoms with Crippen LogP contribution in [0.5, 0.6) is 0 Å². The second-order valence-electron chi connectivity index (χ2n) is 4.64. The van der Waals surface area contributed by atoms with Crippen LogP contribution in [0.25, 0.3) is 0 Å². The summed E-state index contributed by atoms with van der Waals surface area (Å²) < 4.78 is 5.56. The van der Waals surface area contributed by atoms with Gasteiger partial charge in [0.05, 0.1) is 6.10 Å². The number of aryl methyl sites for hydroxylation is 1. The van der Waals surface area contributed by atoms with Crippen LogP contribution in [-0.2, 0) is 9.53 Å². The Morgan fingerprint density at radius 2 is 2.18 bits per heavy atom. The van der Waals surface area contributed by atoms with E-state index in [0.29, 0.717) is 6.10 Å². The number of hydrogen-bond donors (Lipinski definition) is 1. The van der Waals surface area contributed by atoms with Crippen molar-refractivity contribution in [1.29, 1.82) is 0 Å². The topological polar surface area (TPSA) is 38.3 Å². The van der Waals surface area contributed by atoms with Crippen LogP contribution in [-0.4, -0.2) is 18.6 Å². The Labute approximate surface area is 102 Å². The molecule has 2 rings (SSSR count). The molecular weight excluding hydrogens is 214 g/mol. The zero-order chi connectivity index (χ0) is 12.1. The summed E-state index contributed by atoms with van der Waals surface area (Å²) >= 11 is 0. The molecule has 0 heterocycles. The average Bonchev–Trinajstić information content (AvgIpc) is 2.79. The van der Waals surface area contributed by atoms with Crippen molar-refractivity contribution >= 4 is 11.6 Å². The second kappa shape index (κ2) is 5.82. The molecule has 0 unspecified atom stereocenters. The third kappa shape index (κ3) is 3.86. The highest BCUT2D eigenvalue weighted by Crippen LogP contribution is 2.20. The first-order chi connectivity index (χ1) is 8.24. The summed E-state index contributed by atoms with van der Waals surface area (Å²) in [6.45, 7) is 2.17. The molecule has 1 aromatic rings. The standard InChI is InChI=1S/C14H19NO2/c1-11-5-4-6-12(9-11)15-14(16)10-17-13-7-2-3-8-13/h4-6,9,13H,2-3,7-8,10H2,1H3,(H,15,16). The monoisotopic (exact) mass is 233 g/mol. The maximum Gasteiger partial charge on any atom is 0.250 e. The Kier molecular flexibility index (Phi) is 4.15. The number of ether oxygens (including phenoxy) is 1. The van der Waals surface area contributed by atoms with Crippen molar-refractivity contribution in [3.63, 3.8) is 0 Å². The lowest BCUT2D eigenvalue weighted by molar-refractivity contribution is -0.122. The van der Waals surface area contributed by atoms with Gasteiger partial charge >= 0.3 is 0 Å². The summed E-state index contributed by atoms with van der Waals surface area (Å²) in [5, 5.41) is 2.84. The Hall–Kier alpha value is -1.35. The van der Waals surface area contributed by atoms with Crippen LogP contribution in [0.15, 0.2) is 24.3 Å². The summed E-state index contributed by atoms with van der Waals surface area (Å²) in [6.07, 6.45) is 4.93. The fraction of sp³-hybridized carbons (Fsp3) is 0.500. The minimum absolute atomic E-state index is 0.0671. The maximum atomic E-state index is 11.6. The molecule has 0 bridgehead atoms. The molecule has 1 aromatic carbocycles. The van der Waals surface area contributed by atoms with Gasteiger partial charge in [0, 0.05) is 5.69 Å². The molecule has 3 nitrogen and oxygen atoms in total. The van der Waals surface area contributed by atoms with Crippen molar-refractivity contribution in [3.8, 4) is 0 Å². The van der Waals surface area contributed by atoms with E-state index in [1.807, 2.05) is 31.2 Å². The summed E-state index contributed by atoms with van der Waals surface area (Å²) in [7, 11) is 0. The van der Waals surface area contributed by atoms with Crippen LogP contribution < -0.4 is 5.32 Å². The fourth-order valence-electron chi connectivity index (χ4n) is 2.17. The number of amides is 1. The van der Waals surface area contributed by atoms with Gasteiger partial charge in [-0.25, -0.2) is 0 Å². The van der Waals surface area contributed by atoms with Crippen LogP contribution in [0.1, 0.15) is 31.2 Å². The lowest BCUT2D eigenvalue weighted by atomic mass is 10.2. The van der Waals surface area contributed by atoms with Gasteiger partial charge in [-0.15, -0.1) is 0 Å². The Morgan fingerprint density at radius 3 is 2.88 bits per heavy atom. The first kappa shape index (κ1) is 12.1. The van der Waals surface area contributed by atoms with E-state index in [9.17, 15) is 4.79 Å². The van der Waals surface area contributed by atoms with Crippen molar-refractivity contribution in [3.05, 3.63) is 29.8 Å². The molecule has 1 aliphatic rings. The van der Waals surface area contributed by atoms with E-state index in [4.69, 9.17) is 4.74 Å². The molecule has 0 saturated heterocycles. The normalized spacial score (nSPS) is 16.1. The number of hydrogen-bond acceptors (Lipinski definition) is 2. The summed E-state index contributed by atoms with van der Waals surface area (Å²) in [5.41, 5.74) is 1.98. The lowest BCUT2D eigenvalue weighted by Gasteiger charge is -2.11. The van der Waals surface area contributed by atoms with E-state index in [2.05, 4.69) is 5.32 Å². The summed E-state index contributed by atoms with van der Waals surface area (Å²) in [5.74, 6) is -0.0671. The SMILES string of the molecule is Cc1cccc(NC(=O)COC2CCCC2)c1. The molecule has 17 heavy (non-hydrogen) atoms. The highest BCUT2D eigenvalue weighted by atomic mass is 16.5. The van der Waals surface area contributed by atoms with E-state index >= 15 is 0 Å². The van der Waals surface area contributed by atoms with Gasteiger partial charge in [-0.3, -0.25) is 4.79 Å². The van der Waals surface area contributed by atoms with Crippen LogP contribution in [0, 0.1) is 6.92 Å². The molecule has 0 radical (unpaired) electrons. The van der Waals surface area contributed by atoms with E-state index in [1.54, 1.807) is 0 Å². The van der Waals surface area contributed by atoms with Crippen molar-refractivity contribution in [2.45, 2.75) is 38.7 Å². The third-order valence-corrected chi connectivity index (χ3v) is 3.05. The molecule has 0 atom stereocenters. The van der Waals surface area contributed by atoms with Crippen molar-refractivity contribution < 1.29 is 9.53 Å². The number of carbonyl (C=O) groups excluding carboxylic acids is 1.